The van der Waals surface area contributed by atoms with Crippen molar-refractivity contribution >= 4 is 5.69 Å². The summed E-state index contributed by atoms with van der Waals surface area (Å²) in [6.07, 6.45) is 4.58. The van der Waals surface area contributed by atoms with Crippen LogP contribution in [0.3, 0.4) is 0 Å². The highest BCUT2D eigenvalue weighted by Crippen LogP contribution is 2.44. The van der Waals surface area contributed by atoms with Crippen molar-refractivity contribution in [1.29, 1.82) is 0 Å². The number of oxazole rings is 1. The maximum Gasteiger partial charge on any atom is 0.181 e. The smallest absolute Gasteiger partial charge is 0.181 e. The molecule has 21 heavy (non-hydrogen) atoms. The lowest BCUT2D eigenvalue weighted by Crippen LogP contribution is -2.58. The summed E-state index contributed by atoms with van der Waals surface area (Å²) in [6.45, 7) is 7.35. The second-order valence-electron chi connectivity index (χ2n) is 6.14. The van der Waals surface area contributed by atoms with E-state index in [1.54, 1.807) is 6.20 Å². The van der Waals surface area contributed by atoms with Crippen LogP contribution in [0.15, 0.2) is 41.3 Å². The van der Waals surface area contributed by atoms with Crippen LogP contribution in [0, 0.1) is 5.41 Å². The Morgan fingerprint density at radius 2 is 2.29 bits per heavy atom. The van der Waals surface area contributed by atoms with E-state index in [-0.39, 0.29) is 5.41 Å². The fraction of sp³-hybridized carbons (Fsp3) is 0.471. The van der Waals surface area contributed by atoms with E-state index in [2.05, 4.69) is 43.2 Å². The third kappa shape index (κ3) is 2.68. The van der Waals surface area contributed by atoms with E-state index >= 15 is 0 Å². The number of anilines is 1. The first kappa shape index (κ1) is 14.1. The summed E-state index contributed by atoms with van der Waals surface area (Å²) >= 11 is 0. The molecule has 112 valence electrons. The summed E-state index contributed by atoms with van der Waals surface area (Å²) in [6, 6.07) is 8.68. The quantitative estimate of drug-likeness (QED) is 0.904. The molecule has 1 fully saturated rings. The van der Waals surface area contributed by atoms with Crippen molar-refractivity contribution in [2.45, 2.75) is 39.3 Å². The van der Waals surface area contributed by atoms with Gasteiger partial charge in [0.25, 0.3) is 0 Å². The summed E-state index contributed by atoms with van der Waals surface area (Å²) in [7, 11) is 0. The fourth-order valence-corrected chi connectivity index (χ4v) is 2.94. The number of nitrogens with zero attached hydrogens (tertiary/aromatic N) is 1. The van der Waals surface area contributed by atoms with Crippen LogP contribution in [-0.2, 0) is 4.74 Å². The van der Waals surface area contributed by atoms with Crippen LogP contribution in [0.25, 0.3) is 11.3 Å². The third-order valence-electron chi connectivity index (χ3n) is 4.47. The Labute approximate surface area is 125 Å². The molecule has 0 saturated heterocycles. The zero-order chi connectivity index (χ0) is 14.9. The van der Waals surface area contributed by atoms with Crippen molar-refractivity contribution in [3.8, 4) is 11.3 Å². The van der Waals surface area contributed by atoms with E-state index < -0.39 is 0 Å². The number of aromatic nitrogens is 1. The highest BCUT2D eigenvalue weighted by molar-refractivity contribution is 5.63. The molecule has 0 bridgehead atoms. The first-order valence-corrected chi connectivity index (χ1v) is 7.48. The molecule has 1 aliphatic rings. The van der Waals surface area contributed by atoms with Crippen LogP contribution in [0.1, 0.15) is 27.2 Å². The molecule has 1 N–H and O–H groups in total. The first-order chi connectivity index (χ1) is 10.1. The molecule has 4 nitrogen and oxygen atoms in total. The van der Waals surface area contributed by atoms with Gasteiger partial charge in [-0.1, -0.05) is 26.0 Å². The third-order valence-corrected chi connectivity index (χ3v) is 4.47. The molecule has 0 amide bonds. The maximum absolute atomic E-state index is 5.78. The van der Waals surface area contributed by atoms with Gasteiger partial charge in [0.2, 0.25) is 0 Å². The molecule has 1 aromatic carbocycles. The van der Waals surface area contributed by atoms with Crippen LogP contribution in [0.5, 0.6) is 0 Å². The van der Waals surface area contributed by atoms with Gasteiger partial charge in [-0.15, -0.1) is 0 Å². The lowest BCUT2D eigenvalue weighted by molar-refractivity contribution is -0.0975. The van der Waals surface area contributed by atoms with E-state index in [0.29, 0.717) is 12.1 Å². The zero-order valence-electron chi connectivity index (χ0n) is 12.8. The zero-order valence-corrected chi connectivity index (χ0v) is 12.8. The van der Waals surface area contributed by atoms with Gasteiger partial charge in [0, 0.05) is 29.3 Å². The van der Waals surface area contributed by atoms with Crippen molar-refractivity contribution in [3.63, 3.8) is 0 Å². The Morgan fingerprint density at radius 1 is 1.43 bits per heavy atom. The molecule has 4 heteroatoms. The van der Waals surface area contributed by atoms with E-state index in [0.717, 1.165) is 30.0 Å². The molecule has 2 atom stereocenters. The van der Waals surface area contributed by atoms with E-state index in [4.69, 9.17) is 9.15 Å². The summed E-state index contributed by atoms with van der Waals surface area (Å²) in [5, 5.41) is 3.62. The first-order valence-electron chi connectivity index (χ1n) is 7.48. The van der Waals surface area contributed by atoms with Gasteiger partial charge in [-0.3, -0.25) is 0 Å². The highest BCUT2D eigenvalue weighted by atomic mass is 16.5. The van der Waals surface area contributed by atoms with Crippen molar-refractivity contribution < 1.29 is 9.15 Å². The van der Waals surface area contributed by atoms with Crippen LogP contribution >= 0.6 is 0 Å². The molecule has 3 rings (SSSR count). The molecular formula is C17H22N2O2. The number of rotatable bonds is 5. The predicted molar refractivity (Wildman–Crippen MR) is 83.2 cm³/mol. The van der Waals surface area contributed by atoms with Gasteiger partial charge in [-0.2, -0.15) is 0 Å². The number of nitrogens with one attached hydrogen (secondary N) is 1. The van der Waals surface area contributed by atoms with E-state index in [1.165, 1.54) is 6.39 Å². The molecule has 0 radical (unpaired) electrons. The van der Waals surface area contributed by atoms with Crippen molar-refractivity contribution in [2.75, 3.05) is 11.9 Å². The Hall–Kier alpha value is -1.81. The van der Waals surface area contributed by atoms with Gasteiger partial charge in [-0.25, -0.2) is 4.98 Å². The molecule has 1 saturated carbocycles. The van der Waals surface area contributed by atoms with Gasteiger partial charge >= 0.3 is 0 Å². The SMILES string of the molecule is CCOC1CC(Nc2cccc(-c3cnco3)c2)C1(C)C. The van der Waals surface area contributed by atoms with Gasteiger partial charge in [-0.05, 0) is 25.5 Å². The van der Waals surface area contributed by atoms with E-state index in [1.807, 2.05) is 12.1 Å². The highest BCUT2D eigenvalue weighted by Gasteiger charge is 2.48. The van der Waals surface area contributed by atoms with Crippen molar-refractivity contribution in [2.24, 2.45) is 5.41 Å². The molecule has 2 aromatic rings. The predicted octanol–water partition coefficient (Wildman–Crippen LogP) is 3.96. The summed E-state index contributed by atoms with van der Waals surface area (Å²) in [4.78, 5) is 3.97. The Morgan fingerprint density at radius 3 is 2.95 bits per heavy atom. The standard InChI is InChI=1S/C17H22N2O2/c1-4-20-16-9-15(17(16,2)3)19-13-7-5-6-12(8-13)14-10-18-11-21-14/h5-8,10-11,15-16,19H,4,9H2,1-3H3. The number of ether oxygens (including phenoxy) is 1. The number of benzene rings is 1. The topological polar surface area (TPSA) is 47.3 Å². The largest absolute Gasteiger partial charge is 0.444 e. The van der Waals surface area contributed by atoms with Crippen LogP contribution in [-0.4, -0.2) is 23.7 Å². The monoisotopic (exact) mass is 286 g/mol. The van der Waals surface area contributed by atoms with Gasteiger partial charge in [0.05, 0.1) is 12.3 Å². The summed E-state index contributed by atoms with van der Waals surface area (Å²) in [5.74, 6) is 0.790. The van der Waals surface area contributed by atoms with Crippen LogP contribution in [0.2, 0.25) is 0 Å². The van der Waals surface area contributed by atoms with Crippen molar-refractivity contribution in [1.82, 2.24) is 4.98 Å². The molecule has 0 aliphatic heterocycles. The molecule has 0 spiro atoms. The molecule has 1 heterocycles. The second-order valence-corrected chi connectivity index (χ2v) is 6.14. The summed E-state index contributed by atoms with van der Waals surface area (Å²) < 4.78 is 11.1. The normalized spacial score (nSPS) is 23.6. The minimum Gasteiger partial charge on any atom is -0.444 e. The Bertz CT molecular complexity index is 593. The average Bonchev–Trinajstić information content (AvgIpc) is 3.01. The van der Waals surface area contributed by atoms with E-state index in [9.17, 15) is 0 Å². The number of hydrogen-bond acceptors (Lipinski definition) is 4. The van der Waals surface area contributed by atoms with Crippen LogP contribution in [0.4, 0.5) is 5.69 Å². The van der Waals surface area contributed by atoms with Gasteiger partial charge < -0.3 is 14.5 Å². The average molecular weight is 286 g/mol. The molecule has 1 aliphatic carbocycles. The number of hydrogen-bond donors (Lipinski definition) is 1. The Kier molecular flexibility index (Phi) is 3.72. The lowest BCUT2D eigenvalue weighted by Gasteiger charge is -2.52. The van der Waals surface area contributed by atoms with Crippen molar-refractivity contribution in [3.05, 3.63) is 36.9 Å². The molecule has 1 aromatic heterocycles. The minimum absolute atomic E-state index is 0.151. The second kappa shape index (κ2) is 5.53. The molecular weight excluding hydrogens is 264 g/mol. The molecule has 2 unspecified atom stereocenters. The van der Waals surface area contributed by atoms with Crippen LogP contribution < -0.4 is 5.32 Å². The van der Waals surface area contributed by atoms with Gasteiger partial charge in [0.15, 0.2) is 12.2 Å². The Balaban J connectivity index is 1.71. The lowest BCUT2D eigenvalue weighted by atomic mass is 9.64. The summed E-state index contributed by atoms with van der Waals surface area (Å²) in [5.41, 5.74) is 2.30. The maximum atomic E-state index is 5.78. The minimum atomic E-state index is 0.151. The van der Waals surface area contributed by atoms with Gasteiger partial charge in [0.1, 0.15) is 0 Å². The fourth-order valence-electron chi connectivity index (χ4n) is 2.94.